The third-order valence-electron chi connectivity index (χ3n) is 2.05. The molecule has 0 aliphatic rings. The van der Waals surface area contributed by atoms with E-state index < -0.39 is 5.97 Å². The predicted molar refractivity (Wildman–Crippen MR) is 67.7 cm³/mol. The fourth-order valence-corrected chi connectivity index (χ4v) is 1.42. The summed E-state index contributed by atoms with van der Waals surface area (Å²) in [4.78, 5) is 10.5. The molecule has 0 aliphatic heterocycles. The van der Waals surface area contributed by atoms with E-state index in [0.29, 0.717) is 0 Å². The van der Waals surface area contributed by atoms with Gasteiger partial charge in [-0.2, -0.15) is 0 Å². The third kappa shape index (κ3) is 4.76. The second-order valence-electron chi connectivity index (χ2n) is 4.94. The molecule has 1 aromatic rings. The molecule has 0 saturated heterocycles. The summed E-state index contributed by atoms with van der Waals surface area (Å²) in [5.41, 5.74) is 1.55. The number of carbonyl (C=O) groups is 1. The lowest BCUT2D eigenvalue weighted by Crippen LogP contribution is -2.23. The standard InChI is InChI=1S/C13H19NO3/c1-9-7-10(17-13(2,3)4)5-6-11(9)14-8-12(15)16/h5-7,14H,8H2,1-4H3,(H,15,16). The minimum atomic E-state index is -0.876. The summed E-state index contributed by atoms with van der Waals surface area (Å²) in [5, 5.41) is 11.4. The normalized spacial score (nSPS) is 11.1. The molecule has 17 heavy (non-hydrogen) atoms. The van der Waals surface area contributed by atoms with Gasteiger partial charge >= 0.3 is 5.97 Å². The van der Waals surface area contributed by atoms with Crippen molar-refractivity contribution in [1.29, 1.82) is 0 Å². The number of carboxylic acid groups (broad SMARTS) is 1. The second-order valence-corrected chi connectivity index (χ2v) is 4.94. The molecule has 0 saturated carbocycles. The van der Waals surface area contributed by atoms with Crippen molar-refractivity contribution in [3.05, 3.63) is 23.8 Å². The van der Waals surface area contributed by atoms with Gasteiger partial charge in [0.15, 0.2) is 0 Å². The van der Waals surface area contributed by atoms with Gasteiger partial charge < -0.3 is 15.2 Å². The molecule has 94 valence electrons. The Balaban J connectivity index is 2.76. The molecule has 0 spiro atoms. The Labute approximate surface area is 102 Å². The summed E-state index contributed by atoms with van der Waals surface area (Å²) < 4.78 is 5.72. The van der Waals surface area contributed by atoms with Crippen molar-refractivity contribution < 1.29 is 14.6 Å². The average molecular weight is 237 g/mol. The predicted octanol–water partition coefficient (Wildman–Crippen LogP) is 2.67. The molecule has 0 unspecified atom stereocenters. The van der Waals surface area contributed by atoms with Crippen LogP contribution in [0.4, 0.5) is 5.69 Å². The molecule has 4 nitrogen and oxygen atoms in total. The van der Waals surface area contributed by atoms with Gasteiger partial charge in [-0.05, 0) is 51.5 Å². The van der Waals surface area contributed by atoms with Crippen LogP contribution in [-0.4, -0.2) is 23.2 Å². The van der Waals surface area contributed by atoms with Crippen molar-refractivity contribution in [3.63, 3.8) is 0 Å². The molecule has 2 N–H and O–H groups in total. The largest absolute Gasteiger partial charge is 0.488 e. The van der Waals surface area contributed by atoms with E-state index in [1.165, 1.54) is 0 Å². The summed E-state index contributed by atoms with van der Waals surface area (Å²) >= 11 is 0. The smallest absolute Gasteiger partial charge is 0.322 e. The first-order valence-electron chi connectivity index (χ1n) is 5.53. The maximum absolute atomic E-state index is 10.5. The lowest BCUT2D eigenvalue weighted by Gasteiger charge is -2.22. The highest BCUT2D eigenvalue weighted by molar-refractivity contribution is 5.73. The zero-order valence-electron chi connectivity index (χ0n) is 10.7. The van der Waals surface area contributed by atoms with Gasteiger partial charge in [0, 0.05) is 5.69 Å². The van der Waals surface area contributed by atoms with E-state index in [1.54, 1.807) is 0 Å². The number of ether oxygens (including phenoxy) is 1. The number of hydrogen-bond donors (Lipinski definition) is 2. The van der Waals surface area contributed by atoms with Crippen LogP contribution in [0.2, 0.25) is 0 Å². The molecule has 0 heterocycles. The van der Waals surface area contributed by atoms with E-state index >= 15 is 0 Å². The summed E-state index contributed by atoms with van der Waals surface area (Å²) in [6, 6.07) is 5.57. The van der Waals surface area contributed by atoms with Gasteiger partial charge in [-0.3, -0.25) is 4.79 Å². The number of benzene rings is 1. The topological polar surface area (TPSA) is 58.6 Å². The Morgan fingerprint density at radius 3 is 2.53 bits per heavy atom. The van der Waals surface area contributed by atoms with Crippen LogP contribution < -0.4 is 10.1 Å². The first-order chi connectivity index (χ1) is 7.78. The van der Waals surface area contributed by atoms with Crippen LogP contribution in [0.15, 0.2) is 18.2 Å². The summed E-state index contributed by atoms with van der Waals surface area (Å²) in [6.45, 7) is 7.79. The zero-order valence-corrected chi connectivity index (χ0v) is 10.7. The van der Waals surface area contributed by atoms with Gasteiger partial charge in [0.05, 0.1) is 0 Å². The zero-order chi connectivity index (χ0) is 13.1. The van der Waals surface area contributed by atoms with Crippen molar-refractivity contribution in [3.8, 4) is 5.75 Å². The Morgan fingerprint density at radius 2 is 2.06 bits per heavy atom. The van der Waals surface area contributed by atoms with Crippen LogP contribution in [0, 0.1) is 6.92 Å². The lowest BCUT2D eigenvalue weighted by molar-refractivity contribution is -0.134. The summed E-state index contributed by atoms with van der Waals surface area (Å²) in [5.74, 6) is -0.0877. The van der Waals surface area contributed by atoms with Gasteiger partial charge in [-0.1, -0.05) is 0 Å². The Hall–Kier alpha value is -1.71. The van der Waals surface area contributed by atoms with E-state index in [9.17, 15) is 4.79 Å². The monoisotopic (exact) mass is 237 g/mol. The van der Waals surface area contributed by atoms with Crippen molar-refractivity contribution in [2.75, 3.05) is 11.9 Å². The summed E-state index contributed by atoms with van der Waals surface area (Å²) in [6.07, 6.45) is 0. The second kappa shape index (κ2) is 5.08. The molecule has 4 heteroatoms. The van der Waals surface area contributed by atoms with Crippen LogP contribution in [-0.2, 0) is 4.79 Å². The maximum Gasteiger partial charge on any atom is 0.322 e. The van der Waals surface area contributed by atoms with Crippen molar-refractivity contribution >= 4 is 11.7 Å². The first kappa shape index (κ1) is 13.4. The number of hydrogen-bond acceptors (Lipinski definition) is 3. The molecule has 1 aromatic carbocycles. The highest BCUT2D eigenvalue weighted by atomic mass is 16.5. The maximum atomic E-state index is 10.5. The number of aliphatic carboxylic acids is 1. The Bertz CT molecular complexity index is 408. The SMILES string of the molecule is Cc1cc(OC(C)(C)C)ccc1NCC(=O)O. The van der Waals surface area contributed by atoms with E-state index in [4.69, 9.17) is 9.84 Å². The van der Waals surface area contributed by atoms with Crippen LogP contribution in [0.25, 0.3) is 0 Å². The lowest BCUT2D eigenvalue weighted by atomic mass is 10.1. The van der Waals surface area contributed by atoms with E-state index in [2.05, 4.69) is 5.32 Å². The Morgan fingerprint density at radius 1 is 1.41 bits per heavy atom. The van der Waals surface area contributed by atoms with Crippen molar-refractivity contribution in [2.45, 2.75) is 33.3 Å². The van der Waals surface area contributed by atoms with Crippen LogP contribution >= 0.6 is 0 Å². The van der Waals surface area contributed by atoms with Gasteiger partial charge in [0.25, 0.3) is 0 Å². The quantitative estimate of drug-likeness (QED) is 0.845. The van der Waals surface area contributed by atoms with Gasteiger partial charge in [-0.25, -0.2) is 0 Å². The van der Waals surface area contributed by atoms with Crippen LogP contribution in [0.5, 0.6) is 5.75 Å². The fraction of sp³-hybridized carbons (Fsp3) is 0.462. The number of aryl methyl sites for hydroxylation is 1. The van der Waals surface area contributed by atoms with Gasteiger partial charge in [-0.15, -0.1) is 0 Å². The van der Waals surface area contributed by atoms with E-state index in [-0.39, 0.29) is 12.1 Å². The minimum Gasteiger partial charge on any atom is -0.488 e. The molecule has 0 atom stereocenters. The highest BCUT2D eigenvalue weighted by Crippen LogP contribution is 2.24. The van der Waals surface area contributed by atoms with Crippen molar-refractivity contribution in [2.24, 2.45) is 0 Å². The molecular formula is C13H19NO3. The minimum absolute atomic E-state index is 0.0830. The molecule has 0 radical (unpaired) electrons. The average Bonchev–Trinajstić information content (AvgIpc) is 2.13. The number of carboxylic acids is 1. The van der Waals surface area contributed by atoms with Crippen molar-refractivity contribution in [1.82, 2.24) is 0 Å². The van der Waals surface area contributed by atoms with Gasteiger partial charge in [0.2, 0.25) is 0 Å². The van der Waals surface area contributed by atoms with Crippen LogP contribution in [0.1, 0.15) is 26.3 Å². The molecule has 0 amide bonds. The molecule has 0 bridgehead atoms. The Kier molecular flexibility index (Phi) is 3.99. The fourth-order valence-electron chi connectivity index (χ4n) is 1.42. The van der Waals surface area contributed by atoms with Gasteiger partial charge in [0.1, 0.15) is 17.9 Å². The molecule has 0 fully saturated rings. The first-order valence-corrected chi connectivity index (χ1v) is 5.53. The summed E-state index contributed by atoms with van der Waals surface area (Å²) in [7, 11) is 0. The number of nitrogens with one attached hydrogen (secondary N) is 1. The molecule has 1 rings (SSSR count). The molecule has 0 aliphatic carbocycles. The van der Waals surface area contributed by atoms with E-state index in [1.807, 2.05) is 45.9 Å². The van der Waals surface area contributed by atoms with E-state index in [0.717, 1.165) is 17.0 Å². The number of anilines is 1. The number of rotatable bonds is 4. The van der Waals surface area contributed by atoms with Crippen LogP contribution in [0.3, 0.4) is 0 Å². The highest BCUT2D eigenvalue weighted by Gasteiger charge is 2.12. The molecular weight excluding hydrogens is 218 g/mol. The molecule has 0 aromatic heterocycles. The third-order valence-corrected chi connectivity index (χ3v) is 2.05.